The van der Waals surface area contributed by atoms with E-state index in [0.29, 0.717) is 24.8 Å². The first-order valence-electron chi connectivity index (χ1n) is 11.0. The average Bonchev–Trinajstić information content (AvgIpc) is 3.23. The van der Waals surface area contributed by atoms with E-state index in [9.17, 15) is 18.3 Å². The highest BCUT2D eigenvalue weighted by atomic mass is 32.2. The Labute approximate surface area is 193 Å². The Morgan fingerprint density at radius 1 is 0.970 bits per heavy atom. The molecule has 0 amide bonds. The van der Waals surface area contributed by atoms with Crippen molar-refractivity contribution in [2.24, 2.45) is 5.92 Å². The number of carbonyl (C=O) groups is 1. The summed E-state index contributed by atoms with van der Waals surface area (Å²) in [7, 11) is -3.75. The number of aromatic hydroxyl groups is 1. The summed E-state index contributed by atoms with van der Waals surface area (Å²) in [5, 5.41) is 20.8. The van der Waals surface area contributed by atoms with Crippen molar-refractivity contribution < 1.29 is 23.4 Å². The second-order valence-electron chi connectivity index (χ2n) is 8.36. The maximum Gasteiger partial charge on any atom is 0.303 e. The van der Waals surface area contributed by atoms with Crippen LogP contribution in [0.25, 0.3) is 10.8 Å². The van der Waals surface area contributed by atoms with Gasteiger partial charge in [0, 0.05) is 30.8 Å². The fraction of sp³-hybridized carbons (Fsp3) is 0.269. The molecule has 2 N–H and O–H groups in total. The number of fused-ring (bicyclic) bond motifs is 1. The number of carboxylic acid groups (broad SMARTS) is 1. The van der Waals surface area contributed by atoms with Crippen molar-refractivity contribution >= 4 is 26.8 Å². The highest BCUT2D eigenvalue weighted by Crippen LogP contribution is 2.41. The summed E-state index contributed by atoms with van der Waals surface area (Å²) in [5.41, 5.74) is 0.733. The summed E-state index contributed by atoms with van der Waals surface area (Å²) in [6.45, 7) is 0.602. The monoisotopic (exact) mass is 465 g/mol. The molecule has 3 aromatic carbocycles. The Morgan fingerprint density at radius 2 is 1.70 bits per heavy atom. The number of para-hydroxylation sites is 1. The third-order valence-corrected chi connectivity index (χ3v) is 8.13. The zero-order chi connectivity index (χ0) is 23.4. The molecular formula is C26H27NO5S. The fourth-order valence-electron chi connectivity index (χ4n) is 4.58. The van der Waals surface area contributed by atoms with Crippen LogP contribution in [0.5, 0.6) is 5.75 Å². The van der Waals surface area contributed by atoms with Crippen LogP contribution >= 0.6 is 0 Å². The van der Waals surface area contributed by atoms with Crippen LogP contribution in [0, 0.1) is 5.92 Å². The van der Waals surface area contributed by atoms with E-state index < -0.39 is 16.0 Å². The van der Waals surface area contributed by atoms with Gasteiger partial charge in [0.25, 0.3) is 0 Å². The molecule has 6 nitrogen and oxygen atoms in total. The minimum absolute atomic E-state index is 0.0378. The summed E-state index contributed by atoms with van der Waals surface area (Å²) in [4.78, 5) is 11.0. The van der Waals surface area contributed by atoms with Crippen LogP contribution in [0.1, 0.15) is 30.7 Å². The van der Waals surface area contributed by atoms with E-state index in [0.717, 1.165) is 10.9 Å². The van der Waals surface area contributed by atoms with Crippen LogP contribution in [-0.2, 0) is 14.8 Å². The molecule has 1 aliphatic heterocycles. The Morgan fingerprint density at radius 3 is 2.48 bits per heavy atom. The smallest absolute Gasteiger partial charge is 0.303 e. The van der Waals surface area contributed by atoms with E-state index >= 15 is 0 Å². The third kappa shape index (κ3) is 4.94. The Balaban J connectivity index is 1.64. The molecule has 1 saturated heterocycles. The lowest BCUT2D eigenvalue weighted by Gasteiger charge is -2.18. The molecule has 1 aliphatic rings. The van der Waals surface area contributed by atoms with E-state index in [1.54, 1.807) is 24.3 Å². The number of sulfonamides is 1. The number of hydrogen-bond donors (Lipinski definition) is 2. The predicted molar refractivity (Wildman–Crippen MR) is 128 cm³/mol. The van der Waals surface area contributed by atoms with Gasteiger partial charge in [0.05, 0.1) is 4.90 Å². The van der Waals surface area contributed by atoms with Crippen LogP contribution in [0.15, 0.2) is 83.8 Å². The van der Waals surface area contributed by atoms with Crippen molar-refractivity contribution in [3.63, 3.8) is 0 Å². The van der Waals surface area contributed by atoms with Gasteiger partial charge in [-0.3, -0.25) is 4.79 Å². The molecule has 0 unspecified atom stereocenters. The normalized spacial score (nSPS) is 19.4. The lowest BCUT2D eigenvalue weighted by Crippen LogP contribution is -2.29. The maximum atomic E-state index is 13.7. The van der Waals surface area contributed by atoms with Crippen molar-refractivity contribution in [1.29, 1.82) is 0 Å². The van der Waals surface area contributed by atoms with Crippen molar-refractivity contribution in [1.82, 2.24) is 4.31 Å². The van der Waals surface area contributed by atoms with Gasteiger partial charge in [0.15, 0.2) is 0 Å². The standard InChI is InChI=1S/C26H27NO5S/c28-24-14-7-6-13-22(24)23-18-27(17-20(23)10-2-1-3-16-26(29)30)33(31,32)25-15-8-11-19-9-4-5-12-21(19)25/h1-2,4-9,11-15,20,23,28H,3,10,16-18H2,(H,29,30)/b2-1-/t20-,23+/m1/s1. The number of aliphatic carboxylic acids is 1. The first-order chi connectivity index (χ1) is 15.9. The topological polar surface area (TPSA) is 94.9 Å². The second kappa shape index (κ2) is 9.77. The molecule has 2 atom stereocenters. The largest absolute Gasteiger partial charge is 0.508 e. The van der Waals surface area contributed by atoms with Crippen molar-refractivity contribution in [2.75, 3.05) is 13.1 Å². The number of nitrogens with zero attached hydrogens (tertiary/aromatic N) is 1. The highest BCUT2D eigenvalue weighted by Gasteiger charge is 2.40. The SMILES string of the molecule is O=C(O)CC/C=C\C[C@@H]1CN(S(=O)(=O)c2cccc3ccccc23)C[C@@H]1c1ccccc1O. The molecule has 0 aromatic heterocycles. The zero-order valence-electron chi connectivity index (χ0n) is 18.2. The van der Waals surface area contributed by atoms with E-state index in [-0.39, 0.29) is 35.4 Å². The van der Waals surface area contributed by atoms with Crippen molar-refractivity contribution in [3.8, 4) is 5.75 Å². The summed E-state index contributed by atoms with van der Waals surface area (Å²) in [5.74, 6) is -0.893. The lowest BCUT2D eigenvalue weighted by molar-refractivity contribution is -0.136. The Bertz CT molecular complexity index is 1280. The molecule has 7 heteroatoms. The van der Waals surface area contributed by atoms with Crippen molar-refractivity contribution in [2.45, 2.75) is 30.1 Å². The molecule has 172 valence electrons. The van der Waals surface area contributed by atoms with Gasteiger partial charge >= 0.3 is 5.97 Å². The maximum absolute atomic E-state index is 13.7. The van der Waals surface area contributed by atoms with Gasteiger partial charge in [-0.25, -0.2) is 8.42 Å². The van der Waals surface area contributed by atoms with Crippen molar-refractivity contribution in [3.05, 3.63) is 84.4 Å². The fourth-order valence-corrected chi connectivity index (χ4v) is 6.31. The summed E-state index contributed by atoms with van der Waals surface area (Å²) in [6.07, 6.45) is 4.85. The number of rotatable bonds is 8. The molecule has 0 spiro atoms. The van der Waals surface area contributed by atoms with Gasteiger partial charge < -0.3 is 10.2 Å². The Kier molecular flexibility index (Phi) is 6.81. The van der Waals surface area contributed by atoms with Gasteiger partial charge in [-0.15, -0.1) is 0 Å². The number of carboxylic acids is 1. The molecule has 0 bridgehead atoms. The van der Waals surface area contributed by atoms with E-state index in [1.165, 1.54) is 4.31 Å². The number of hydrogen-bond acceptors (Lipinski definition) is 4. The molecular weight excluding hydrogens is 438 g/mol. The molecule has 33 heavy (non-hydrogen) atoms. The van der Waals surface area contributed by atoms with Crippen LogP contribution < -0.4 is 0 Å². The minimum atomic E-state index is -3.75. The number of phenolic OH excluding ortho intramolecular Hbond substituents is 1. The first-order valence-corrected chi connectivity index (χ1v) is 12.4. The zero-order valence-corrected chi connectivity index (χ0v) is 19.0. The molecule has 1 fully saturated rings. The Hall–Kier alpha value is -3.16. The predicted octanol–water partition coefficient (Wildman–Crippen LogP) is 4.76. The molecule has 0 radical (unpaired) electrons. The number of allylic oxidation sites excluding steroid dienone is 2. The molecule has 1 heterocycles. The van der Waals surface area contributed by atoms with Crippen LogP contribution in [-0.4, -0.2) is 42.0 Å². The van der Waals surface area contributed by atoms with E-state index in [1.807, 2.05) is 54.6 Å². The molecule has 0 aliphatic carbocycles. The van der Waals surface area contributed by atoms with Gasteiger partial charge in [-0.1, -0.05) is 66.7 Å². The summed E-state index contributed by atoms with van der Waals surface area (Å²) < 4.78 is 28.9. The van der Waals surface area contributed by atoms with Gasteiger partial charge in [0.1, 0.15) is 5.75 Å². The van der Waals surface area contributed by atoms with E-state index in [2.05, 4.69) is 0 Å². The highest BCUT2D eigenvalue weighted by molar-refractivity contribution is 7.89. The number of phenols is 1. The van der Waals surface area contributed by atoms with Gasteiger partial charge in [0.2, 0.25) is 10.0 Å². The third-order valence-electron chi connectivity index (χ3n) is 6.24. The second-order valence-corrected chi connectivity index (χ2v) is 10.3. The van der Waals surface area contributed by atoms with Gasteiger partial charge in [-0.05, 0) is 41.8 Å². The number of benzene rings is 3. The lowest BCUT2D eigenvalue weighted by atomic mass is 9.86. The summed E-state index contributed by atoms with van der Waals surface area (Å²) in [6, 6.07) is 19.8. The van der Waals surface area contributed by atoms with E-state index in [4.69, 9.17) is 5.11 Å². The average molecular weight is 466 g/mol. The molecule has 0 saturated carbocycles. The summed E-state index contributed by atoms with van der Waals surface area (Å²) >= 11 is 0. The minimum Gasteiger partial charge on any atom is -0.508 e. The van der Waals surface area contributed by atoms with Crippen LogP contribution in [0.2, 0.25) is 0 Å². The molecule has 4 rings (SSSR count). The van der Waals surface area contributed by atoms with Gasteiger partial charge in [-0.2, -0.15) is 4.31 Å². The first kappa shape index (κ1) is 23.0. The molecule has 3 aromatic rings. The van der Waals surface area contributed by atoms with Crippen LogP contribution in [0.4, 0.5) is 0 Å². The van der Waals surface area contributed by atoms with Crippen LogP contribution in [0.3, 0.4) is 0 Å². The quantitative estimate of drug-likeness (QED) is 0.468.